The van der Waals surface area contributed by atoms with Gasteiger partial charge in [-0.05, 0) is 55.4 Å². The molecule has 1 amide bonds. The van der Waals surface area contributed by atoms with Crippen molar-refractivity contribution < 1.29 is 9.53 Å². The summed E-state index contributed by atoms with van der Waals surface area (Å²) in [5, 5.41) is 4.20. The third-order valence-electron chi connectivity index (χ3n) is 4.99. The lowest BCUT2D eigenvalue weighted by atomic mass is 10.1. The first kappa shape index (κ1) is 15.2. The minimum Gasteiger partial charge on any atom is -0.484 e. The molecule has 2 aliphatic rings. The van der Waals surface area contributed by atoms with Crippen LogP contribution >= 0.6 is 0 Å². The van der Waals surface area contributed by atoms with Crippen LogP contribution in [0.4, 0.5) is 0 Å². The van der Waals surface area contributed by atoms with Gasteiger partial charge in [0, 0.05) is 13.1 Å². The van der Waals surface area contributed by atoms with Crippen molar-refractivity contribution in [2.75, 3.05) is 19.7 Å². The highest BCUT2D eigenvalue weighted by Crippen LogP contribution is 2.26. The van der Waals surface area contributed by atoms with E-state index in [1.54, 1.807) is 6.33 Å². The summed E-state index contributed by atoms with van der Waals surface area (Å²) in [5.74, 6) is 0.842. The molecular formula is C18H22N4O2. The van der Waals surface area contributed by atoms with Crippen molar-refractivity contribution in [1.29, 1.82) is 0 Å². The highest BCUT2D eigenvalue weighted by atomic mass is 16.5. The van der Waals surface area contributed by atoms with Crippen LogP contribution in [0.3, 0.4) is 0 Å². The second kappa shape index (κ2) is 6.63. The molecule has 2 aromatic rings. The molecule has 1 aliphatic heterocycles. The van der Waals surface area contributed by atoms with Crippen molar-refractivity contribution in [2.45, 2.75) is 38.1 Å². The van der Waals surface area contributed by atoms with Gasteiger partial charge in [0.1, 0.15) is 18.4 Å². The number of carbonyl (C=O) groups excluding carboxylic acids is 1. The predicted octanol–water partition coefficient (Wildman–Crippen LogP) is 2.01. The topological polar surface area (TPSA) is 60.2 Å². The molecule has 1 unspecified atom stereocenters. The summed E-state index contributed by atoms with van der Waals surface area (Å²) in [6.07, 6.45) is 8.76. The Morgan fingerprint density at radius 1 is 1.25 bits per heavy atom. The van der Waals surface area contributed by atoms with Crippen LogP contribution in [0.5, 0.6) is 5.75 Å². The van der Waals surface area contributed by atoms with Crippen LogP contribution < -0.4 is 4.74 Å². The number of ether oxygens (including phenoxy) is 1. The Labute approximate surface area is 141 Å². The molecule has 0 radical (unpaired) electrons. The van der Waals surface area contributed by atoms with E-state index >= 15 is 0 Å². The van der Waals surface area contributed by atoms with E-state index in [4.69, 9.17) is 4.74 Å². The fraction of sp³-hybridized carbons (Fsp3) is 0.500. The van der Waals surface area contributed by atoms with E-state index in [1.165, 1.54) is 23.9 Å². The summed E-state index contributed by atoms with van der Waals surface area (Å²) in [7, 11) is 0. The van der Waals surface area contributed by atoms with Gasteiger partial charge in [0.25, 0.3) is 5.91 Å². The van der Waals surface area contributed by atoms with Crippen LogP contribution in [0.1, 0.15) is 36.4 Å². The molecule has 6 nitrogen and oxygen atoms in total. The van der Waals surface area contributed by atoms with E-state index in [2.05, 4.69) is 22.2 Å². The van der Waals surface area contributed by atoms with E-state index in [1.807, 2.05) is 15.6 Å². The smallest absolute Gasteiger partial charge is 0.260 e. The maximum atomic E-state index is 12.5. The lowest BCUT2D eigenvalue weighted by Gasteiger charge is -2.32. The quantitative estimate of drug-likeness (QED) is 0.862. The first-order valence-electron chi connectivity index (χ1n) is 8.66. The maximum Gasteiger partial charge on any atom is 0.260 e. The van der Waals surface area contributed by atoms with E-state index < -0.39 is 0 Å². The average Bonchev–Trinajstić information content (AvgIpc) is 3.30. The summed E-state index contributed by atoms with van der Waals surface area (Å²) in [4.78, 5) is 18.3. The normalized spacial score (nSPS) is 20.0. The first-order valence-corrected chi connectivity index (χ1v) is 8.66. The monoisotopic (exact) mass is 326 g/mol. The molecule has 0 bridgehead atoms. The van der Waals surface area contributed by atoms with Gasteiger partial charge in [-0.25, -0.2) is 9.67 Å². The Bertz CT molecular complexity index is 714. The Morgan fingerprint density at radius 3 is 3.04 bits per heavy atom. The Balaban J connectivity index is 1.34. The first-order chi connectivity index (χ1) is 11.8. The summed E-state index contributed by atoms with van der Waals surface area (Å²) >= 11 is 0. The fourth-order valence-corrected chi connectivity index (χ4v) is 3.68. The number of nitrogens with zero attached hydrogens (tertiary/aromatic N) is 4. The van der Waals surface area contributed by atoms with Crippen LogP contribution in [0, 0.1) is 0 Å². The second-order valence-electron chi connectivity index (χ2n) is 6.58. The van der Waals surface area contributed by atoms with Gasteiger partial charge in [0.2, 0.25) is 0 Å². The van der Waals surface area contributed by atoms with Gasteiger partial charge in [-0.3, -0.25) is 4.79 Å². The molecule has 1 fully saturated rings. The second-order valence-corrected chi connectivity index (χ2v) is 6.58. The number of fused-ring (bicyclic) bond motifs is 1. The summed E-state index contributed by atoms with van der Waals surface area (Å²) in [6.45, 7) is 1.57. The van der Waals surface area contributed by atoms with Crippen LogP contribution in [0.2, 0.25) is 0 Å². The standard InChI is InChI=1S/C18H22N4O2/c23-18(11-24-17-7-6-14-3-1-4-15(14)9-17)21-8-2-5-16(10-21)22-13-19-12-20-22/h6-7,9,12-13,16H,1-5,8,10-11H2. The molecule has 2 heterocycles. The molecule has 1 aromatic carbocycles. The third kappa shape index (κ3) is 3.13. The molecule has 1 atom stereocenters. The number of amides is 1. The summed E-state index contributed by atoms with van der Waals surface area (Å²) in [5.41, 5.74) is 2.78. The average molecular weight is 326 g/mol. The zero-order valence-electron chi connectivity index (χ0n) is 13.7. The van der Waals surface area contributed by atoms with Crippen LogP contribution in [0.15, 0.2) is 30.9 Å². The molecule has 126 valence electrons. The number of hydrogen-bond donors (Lipinski definition) is 0. The van der Waals surface area contributed by atoms with Gasteiger partial charge < -0.3 is 9.64 Å². The van der Waals surface area contributed by atoms with E-state index in [9.17, 15) is 4.79 Å². The van der Waals surface area contributed by atoms with Gasteiger partial charge in [0.15, 0.2) is 6.61 Å². The number of carbonyl (C=O) groups is 1. The Morgan fingerprint density at radius 2 is 2.17 bits per heavy atom. The molecule has 0 spiro atoms. The predicted molar refractivity (Wildman–Crippen MR) is 88.8 cm³/mol. The number of likely N-dealkylation sites (tertiary alicyclic amines) is 1. The number of rotatable bonds is 4. The molecule has 1 aliphatic carbocycles. The Kier molecular flexibility index (Phi) is 4.19. The van der Waals surface area contributed by atoms with Crippen molar-refractivity contribution >= 4 is 5.91 Å². The fourth-order valence-electron chi connectivity index (χ4n) is 3.68. The molecule has 0 saturated carbocycles. The lowest BCUT2D eigenvalue weighted by Crippen LogP contribution is -2.43. The molecule has 24 heavy (non-hydrogen) atoms. The maximum absolute atomic E-state index is 12.5. The van der Waals surface area contributed by atoms with Gasteiger partial charge >= 0.3 is 0 Å². The van der Waals surface area contributed by atoms with Crippen LogP contribution in [-0.4, -0.2) is 45.3 Å². The van der Waals surface area contributed by atoms with Crippen LogP contribution in [-0.2, 0) is 17.6 Å². The molecule has 0 N–H and O–H groups in total. The van der Waals surface area contributed by atoms with Crippen molar-refractivity contribution in [3.05, 3.63) is 42.0 Å². The van der Waals surface area contributed by atoms with Gasteiger partial charge in [-0.2, -0.15) is 5.10 Å². The van der Waals surface area contributed by atoms with Crippen LogP contribution in [0.25, 0.3) is 0 Å². The van der Waals surface area contributed by atoms with E-state index in [0.717, 1.165) is 38.0 Å². The van der Waals surface area contributed by atoms with Crippen molar-refractivity contribution in [3.63, 3.8) is 0 Å². The molecule has 4 rings (SSSR count). The summed E-state index contributed by atoms with van der Waals surface area (Å²) in [6, 6.07) is 6.41. The van der Waals surface area contributed by atoms with Gasteiger partial charge in [-0.1, -0.05) is 6.07 Å². The largest absolute Gasteiger partial charge is 0.484 e. The zero-order valence-corrected chi connectivity index (χ0v) is 13.7. The highest BCUT2D eigenvalue weighted by molar-refractivity contribution is 5.77. The molecule has 1 aromatic heterocycles. The minimum atomic E-state index is 0.0420. The van der Waals surface area contributed by atoms with Gasteiger partial charge in [-0.15, -0.1) is 0 Å². The number of benzene rings is 1. The zero-order chi connectivity index (χ0) is 16.4. The Hall–Kier alpha value is -2.37. The number of aromatic nitrogens is 3. The SMILES string of the molecule is O=C(COc1ccc2c(c1)CCC2)N1CCCC(n2cncn2)C1. The molecular weight excluding hydrogens is 304 g/mol. The van der Waals surface area contributed by atoms with E-state index in [-0.39, 0.29) is 18.6 Å². The number of aryl methyl sites for hydroxylation is 2. The van der Waals surface area contributed by atoms with Crippen molar-refractivity contribution in [2.24, 2.45) is 0 Å². The van der Waals surface area contributed by atoms with Crippen molar-refractivity contribution in [1.82, 2.24) is 19.7 Å². The molecule has 1 saturated heterocycles. The number of piperidine rings is 1. The third-order valence-corrected chi connectivity index (χ3v) is 4.99. The summed E-state index contributed by atoms with van der Waals surface area (Å²) < 4.78 is 7.59. The van der Waals surface area contributed by atoms with E-state index in [0.29, 0.717) is 6.54 Å². The van der Waals surface area contributed by atoms with Gasteiger partial charge in [0.05, 0.1) is 6.04 Å². The lowest BCUT2D eigenvalue weighted by molar-refractivity contribution is -0.135. The minimum absolute atomic E-state index is 0.0420. The van der Waals surface area contributed by atoms with Crippen molar-refractivity contribution in [3.8, 4) is 5.75 Å². The molecule has 6 heteroatoms. The highest BCUT2D eigenvalue weighted by Gasteiger charge is 2.25. The number of hydrogen-bond acceptors (Lipinski definition) is 4.